The van der Waals surface area contributed by atoms with Gasteiger partial charge in [0.25, 0.3) is 0 Å². The molecule has 0 unspecified atom stereocenters. The predicted molar refractivity (Wildman–Crippen MR) is 46.3 cm³/mol. The lowest BCUT2D eigenvalue weighted by atomic mass is 10.9. The molecule has 1 aromatic heterocycles. The molecule has 0 aliphatic rings. The molecule has 0 atom stereocenters. The first-order valence-corrected chi connectivity index (χ1v) is 4.00. The van der Waals surface area contributed by atoms with Crippen LogP contribution >= 0.6 is 24.0 Å². The molecule has 0 saturated heterocycles. The average molecular weight is 187 g/mol. The maximum Gasteiger partial charge on any atom is 0.192 e. The maximum absolute atomic E-state index is 10.6. The van der Waals surface area contributed by atoms with Crippen molar-refractivity contribution in [3.05, 3.63) is 12.7 Å². The lowest BCUT2D eigenvalue weighted by Crippen LogP contribution is -2.06. The minimum atomic E-state index is -0.0505. The van der Waals surface area contributed by atoms with Crippen molar-refractivity contribution < 1.29 is 4.79 Å². The molecule has 0 bridgehead atoms. The van der Waals surface area contributed by atoms with E-state index in [1.54, 1.807) is 0 Å². The van der Waals surface area contributed by atoms with Gasteiger partial charge in [0.15, 0.2) is 9.44 Å². The highest BCUT2D eigenvalue weighted by Gasteiger charge is 2.03. The Morgan fingerprint density at radius 2 is 2.45 bits per heavy atom. The van der Waals surface area contributed by atoms with Crippen molar-refractivity contribution in [2.75, 3.05) is 0 Å². The van der Waals surface area contributed by atoms with Gasteiger partial charge in [-0.05, 0) is 24.0 Å². The molecule has 0 N–H and O–H groups in total. The smallest absolute Gasteiger partial charge is 0.192 e. The second-order valence-corrected chi connectivity index (χ2v) is 3.51. The molecule has 1 rings (SSSR count). The normalized spacial score (nSPS) is 9.55. The van der Waals surface area contributed by atoms with Gasteiger partial charge in [0.1, 0.15) is 12.7 Å². The largest absolute Gasteiger partial charge is 0.287 e. The first-order valence-electron chi connectivity index (χ1n) is 2.77. The molecule has 11 heavy (non-hydrogen) atoms. The minimum absolute atomic E-state index is 0.0505. The van der Waals surface area contributed by atoms with E-state index >= 15 is 0 Å². The van der Waals surface area contributed by atoms with Crippen LogP contribution in [-0.2, 0) is 4.79 Å². The van der Waals surface area contributed by atoms with Crippen LogP contribution in [0.2, 0.25) is 0 Å². The van der Waals surface area contributed by atoms with E-state index in [0.29, 0.717) is 4.32 Å². The first kappa shape index (κ1) is 8.35. The second-order valence-electron chi connectivity index (χ2n) is 1.70. The van der Waals surface area contributed by atoms with Gasteiger partial charge in [0.2, 0.25) is 0 Å². The zero-order valence-electron chi connectivity index (χ0n) is 5.72. The number of hydrogen-bond donors (Lipinski definition) is 0. The molecule has 58 valence electrons. The molecule has 0 aromatic carbocycles. The Bertz CT molecular complexity index is 269. The van der Waals surface area contributed by atoms with Crippen LogP contribution in [0.4, 0.5) is 0 Å². The first-order chi connectivity index (χ1) is 5.20. The monoisotopic (exact) mass is 187 g/mol. The number of thioether (sulfide) groups is 1. The fraction of sp³-hybridized carbons (Fsp3) is 0.200. The number of thiocarbonyl (C=S) groups is 1. The van der Waals surface area contributed by atoms with Gasteiger partial charge in [-0.3, -0.25) is 4.79 Å². The van der Waals surface area contributed by atoms with Crippen LogP contribution in [0.3, 0.4) is 0 Å². The highest BCUT2D eigenvalue weighted by molar-refractivity contribution is 8.32. The Balaban J connectivity index is 2.64. The Morgan fingerprint density at radius 3 is 2.91 bits per heavy atom. The molecule has 0 aliphatic carbocycles. The van der Waals surface area contributed by atoms with Crippen molar-refractivity contribution in [1.82, 2.24) is 14.8 Å². The summed E-state index contributed by atoms with van der Waals surface area (Å²) in [5.41, 5.74) is 0. The summed E-state index contributed by atoms with van der Waals surface area (Å²) in [6.45, 7) is 1.45. The van der Waals surface area contributed by atoms with E-state index in [1.165, 1.54) is 24.3 Å². The van der Waals surface area contributed by atoms with Crippen LogP contribution in [0.5, 0.6) is 0 Å². The van der Waals surface area contributed by atoms with Gasteiger partial charge in [0.05, 0.1) is 0 Å². The van der Waals surface area contributed by atoms with Crippen LogP contribution in [0, 0.1) is 0 Å². The number of aromatic nitrogens is 3. The lowest BCUT2D eigenvalue weighted by Gasteiger charge is -1.96. The van der Waals surface area contributed by atoms with Gasteiger partial charge in [0, 0.05) is 6.92 Å². The molecule has 6 heteroatoms. The van der Waals surface area contributed by atoms with E-state index in [4.69, 9.17) is 12.2 Å². The van der Waals surface area contributed by atoms with Gasteiger partial charge in [-0.2, -0.15) is 5.10 Å². The number of carbonyl (C=O) groups excluding carboxylic acids is 1. The number of rotatable bonds is 0. The summed E-state index contributed by atoms with van der Waals surface area (Å²) < 4.78 is 1.77. The predicted octanol–water partition coefficient (Wildman–Crippen LogP) is 0.691. The molecule has 0 amide bonds. The van der Waals surface area contributed by atoms with Gasteiger partial charge in [-0.15, -0.1) is 0 Å². The van der Waals surface area contributed by atoms with Crippen LogP contribution < -0.4 is 0 Å². The molecule has 4 nitrogen and oxygen atoms in total. The molecule has 0 fully saturated rings. The third-order valence-electron chi connectivity index (χ3n) is 0.837. The molecule has 0 spiro atoms. The number of carbonyl (C=O) groups is 1. The van der Waals surface area contributed by atoms with Crippen molar-refractivity contribution in [3.8, 4) is 0 Å². The average Bonchev–Trinajstić information content (AvgIpc) is 2.35. The summed E-state index contributed by atoms with van der Waals surface area (Å²) in [7, 11) is 0. The minimum Gasteiger partial charge on any atom is -0.287 e. The zero-order chi connectivity index (χ0) is 8.27. The van der Waals surface area contributed by atoms with Crippen molar-refractivity contribution >= 4 is 33.4 Å². The third kappa shape index (κ3) is 2.39. The van der Waals surface area contributed by atoms with Gasteiger partial charge < -0.3 is 0 Å². The molecule has 0 saturated carbocycles. The van der Waals surface area contributed by atoms with Crippen LogP contribution in [0.25, 0.3) is 0 Å². The van der Waals surface area contributed by atoms with E-state index in [9.17, 15) is 4.79 Å². The second kappa shape index (κ2) is 3.59. The summed E-state index contributed by atoms with van der Waals surface area (Å²) in [4.78, 5) is 14.3. The Labute approximate surface area is 73.0 Å². The number of hydrogen-bond acceptors (Lipinski definition) is 5. The van der Waals surface area contributed by atoms with E-state index in [-0.39, 0.29) is 5.12 Å². The third-order valence-corrected chi connectivity index (χ3v) is 1.92. The molecule has 1 aromatic rings. The number of nitrogens with zero attached hydrogens (tertiary/aromatic N) is 3. The quantitative estimate of drug-likeness (QED) is 0.559. The summed E-state index contributed by atoms with van der Waals surface area (Å²) in [5.74, 6) is 0. The molecular formula is C5H5N3OS2. The summed E-state index contributed by atoms with van der Waals surface area (Å²) in [5, 5.41) is 3.71. The molecule has 0 aliphatic heterocycles. The van der Waals surface area contributed by atoms with Crippen LogP contribution in [-0.4, -0.2) is 24.2 Å². The Morgan fingerprint density at radius 1 is 1.73 bits per heavy atom. The van der Waals surface area contributed by atoms with Crippen LogP contribution in [0.15, 0.2) is 12.7 Å². The lowest BCUT2D eigenvalue weighted by molar-refractivity contribution is -0.109. The summed E-state index contributed by atoms with van der Waals surface area (Å²) >= 11 is 5.82. The van der Waals surface area contributed by atoms with E-state index in [2.05, 4.69) is 10.1 Å². The SMILES string of the molecule is CC(=O)SC(=S)n1cncn1. The van der Waals surface area contributed by atoms with Crippen molar-refractivity contribution in [2.24, 2.45) is 0 Å². The highest BCUT2D eigenvalue weighted by atomic mass is 32.2. The van der Waals surface area contributed by atoms with Gasteiger partial charge in [-0.25, -0.2) is 9.67 Å². The van der Waals surface area contributed by atoms with Crippen LogP contribution in [0.1, 0.15) is 6.92 Å². The standard InChI is InChI=1S/C5H5N3OS2/c1-4(9)11-5(10)8-3-6-2-7-8/h2-3H,1H3. The van der Waals surface area contributed by atoms with Gasteiger partial charge in [-0.1, -0.05) is 0 Å². The van der Waals surface area contributed by atoms with Crippen molar-refractivity contribution in [2.45, 2.75) is 6.92 Å². The van der Waals surface area contributed by atoms with Crippen molar-refractivity contribution in [3.63, 3.8) is 0 Å². The summed E-state index contributed by atoms with van der Waals surface area (Å²) in [6.07, 6.45) is 2.82. The molecule has 1 heterocycles. The highest BCUT2D eigenvalue weighted by Crippen LogP contribution is 2.05. The Kier molecular flexibility index (Phi) is 2.72. The topological polar surface area (TPSA) is 47.8 Å². The van der Waals surface area contributed by atoms with E-state index in [1.807, 2.05) is 0 Å². The fourth-order valence-electron chi connectivity index (χ4n) is 0.472. The fourth-order valence-corrected chi connectivity index (χ4v) is 1.35. The molecule has 0 radical (unpaired) electrons. The van der Waals surface area contributed by atoms with Gasteiger partial charge >= 0.3 is 0 Å². The zero-order valence-corrected chi connectivity index (χ0v) is 7.35. The van der Waals surface area contributed by atoms with E-state index < -0.39 is 0 Å². The maximum atomic E-state index is 10.6. The van der Waals surface area contributed by atoms with E-state index in [0.717, 1.165) is 11.8 Å². The Hall–Kier alpha value is -0.750. The summed E-state index contributed by atoms with van der Waals surface area (Å²) in [6, 6.07) is 0. The molecular weight excluding hydrogens is 182 g/mol. The van der Waals surface area contributed by atoms with Crippen molar-refractivity contribution in [1.29, 1.82) is 0 Å².